The number of hydrogen-bond donors (Lipinski definition) is 1. The fourth-order valence-electron chi connectivity index (χ4n) is 1.87. The molecule has 0 amide bonds. The zero-order chi connectivity index (χ0) is 11.8. The fourth-order valence-corrected chi connectivity index (χ4v) is 1.87. The standard InChI is InChI=1S/C13H17NO2/c1-13(2,3)16-12(15)11-10-7-5-4-6-9(10)8-14-11/h4-7,11,14H,8H2,1-3H3/t11-/m0/s1. The molecule has 1 aliphatic heterocycles. The summed E-state index contributed by atoms with van der Waals surface area (Å²) >= 11 is 0. The Morgan fingerprint density at radius 2 is 2.06 bits per heavy atom. The van der Waals surface area contributed by atoms with Crippen LogP contribution in [0.15, 0.2) is 24.3 Å². The summed E-state index contributed by atoms with van der Waals surface area (Å²) in [6, 6.07) is 7.63. The second-order valence-corrected chi connectivity index (χ2v) is 5.05. The number of nitrogens with one attached hydrogen (secondary N) is 1. The highest BCUT2D eigenvalue weighted by Gasteiger charge is 2.31. The summed E-state index contributed by atoms with van der Waals surface area (Å²) < 4.78 is 5.38. The van der Waals surface area contributed by atoms with Crippen LogP contribution < -0.4 is 5.32 Å². The highest BCUT2D eigenvalue weighted by molar-refractivity contribution is 5.79. The van der Waals surface area contributed by atoms with Crippen LogP contribution >= 0.6 is 0 Å². The van der Waals surface area contributed by atoms with E-state index in [1.807, 2.05) is 45.0 Å². The number of carbonyl (C=O) groups is 1. The number of carbonyl (C=O) groups excluding carboxylic acids is 1. The van der Waals surface area contributed by atoms with Gasteiger partial charge in [-0.3, -0.25) is 5.32 Å². The molecule has 1 atom stereocenters. The highest BCUT2D eigenvalue weighted by Crippen LogP contribution is 2.27. The fraction of sp³-hybridized carbons (Fsp3) is 0.462. The van der Waals surface area contributed by atoms with Gasteiger partial charge in [-0.25, -0.2) is 4.79 Å². The van der Waals surface area contributed by atoms with E-state index in [1.54, 1.807) is 0 Å². The molecule has 0 aliphatic carbocycles. The van der Waals surface area contributed by atoms with Gasteiger partial charge in [0.15, 0.2) is 0 Å². The van der Waals surface area contributed by atoms with Crippen molar-refractivity contribution in [3.63, 3.8) is 0 Å². The maximum atomic E-state index is 11.9. The van der Waals surface area contributed by atoms with Gasteiger partial charge < -0.3 is 4.74 Å². The molecule has 16 heavy (non-hydrogen) atoms. The summed E-state index contributed by atoms with van der Waals surface area (Å²) in [7, 11) is 0. The van der Waals surface area contributed by atoms with Crippen molar-refractivity contribution in [1.82, 2.24) is 5.32 Å². The van der Waals surface area contributed by atoms with Crippen LogP contribution in [0, 0.1) is 0 Å². The number of esters is 1. The number of ether oxygens (including phenoxy) is 1. The number of benzene rings is 1. The molecule has 0 bridgehead atoms. The Hall–Kier alpha value is -1.35. The van der Waals surface area contributed by atoms with Crippen molar-refractivity contribution in [3.05, 3.63) is 35.4 Å². The van der Waals surface area contributed by atoms with E-state index < -0.39 is 5.60 Å². The van der Waals surface area contributed by atoms with Gasteiger partial charge in [0.2, 0.25) is 0 Å². The molecule has 1 aromatic rings. The van der Waals surface area contributed by atoms with Gasteiger partial charge in [-0.2, -0.15) is 0 Å². The van der Waals surface area contributed by atoms with Gasteiger partial charge in [0, 0.05) is 6.54 Å². The third kappa shape index (κ3) is 2.25. The Balaban J connectivity index is 2.16. The highest BCUT2D eigenvalue weighted by atomic mass is 16.6. The van der Waals surface area contributed by atoms with Gasteiger partial charge in [-0.15, -0.1) is 0 Å². The van der Waals surface area contributed by atoms with Gasteiger partial charge in [0.05, 0.1) is 0 Å². The van der Waals surface area contributed by atoms with Gasteiger partial charge in [0.1, 0.15) is 11.6 Å². The average Bonchev–Trinajstić information content (AvgIpc) is 2.58. The first kappa shape index (κ1) is 11.1. The summed E-state index contributed by atoms with van der Waals surface area (Å²) in [6.07, 6.45) is 0. The Kier molecular flexibility index (Phi) is 2.72. The smallest absolute Gasteiger partial charge is 0.328 e. The van der Waals surface area contributed by atoms with Crippen molar-refractivity contribution in [2.75, 3.05) is 0 Å². The van der Waals surface area contributed by atoms with E-state index in [9.17, 15) is 4.79 Å². The SMILES string of the molecule is CC(C)(C)OC(=O)[C@H]1NCc2ccccc21. The molecule has 3 heteroatoms. The Morgan fingerprint density at radius 3 is 2.75 bits per heavy atom. The van der Waals surface area contributed by atoms with E-state index >= 15 is 0 Å². The molecule has 0 fully saturated rings. The quantitative estimate of drug-likeness (QED) is 0.736. The van der Waals surface area contributed by atoms with Gasteiger partial charge in [0.25, 0.3) is 0 Å². The third-order valence-corrected chi connectivity index (χ3v) is 2.51. The van der Waals surface area contributed by atoms with Crippen LogP contribution in [0.5, 0.6) is 0 Å². The molecular weight excluding hydrogens is 202 g/mol. The minimum absolute atomic E-state index is 0.197. The normalized spacial score (nSPS) is 19.3. The maximum Gasteiger partial charge on any atom is 0.328 e. The molecule has 0 radical (unpaired) electrons. The third-order valence-electron chi connectivity index (χ3n) is 2.51. The topological polar surface area (TPSA) is 38.3 Å². The minimum atomic E-state index is -0.434. The Labute approximate surface area is 95.8 Å². The van der Waals surface area contributed by atoms with Crippen molar-refractivity contribution >= 4 is 5.97 Å². The van der Waals surface area contributed by atoms with Crippen LogP contribution in [0.4, 0.5) is 0 Å². The van der Waals surface area contributed by atoms with Crippen LogP contribution in [-0.2, 0) is 16.1 Å². The molecule has 3 nitrogen and oxygen atoms in total. The minimum Gasteiger partial charge on any atom is -0.459 e. The average molecular weight is 219 g/mol. The van der Waals surface area contributed by atoms with Gasteiger partial charge in [-0.05, 0) is 31.9 Å². The van der Waals surface area contributed by atoms with Crippen LogP contribution in [0.2, 0.25) is 0 Å². The molecule has 1 aromatic carbocycles. The number of rotatable bonds is 1. The van der Waals surface area contributed by atoms with Crippen molar-refractivity contribution in [3.8, 4) is 0 Å². The number of hydrogen-bond acceptors (Lipinski definition) is 3. The molecule has 86 valence electrons. The molecule has 1 aliphatic rings. The molecule has 0 spiro atoms. The summed E-state index contributed by atoms with van der Waals surface area (Å²) in [4.78, 5) is 11.9. The first-order valence-corrected chi connectivity index (χ1v) is 5.51. The summed E-state index contributed by atoms with van der Waals surface area (Å²) in [6.45, 7) is 6.38. The van der Waals surface area contributed by atoms with Crippen LogP contribution in [0.3, 0.4) is 0 Å². The van der Waals surface area contributed by atoms with Crippen molar-refractivity contribution in [2.24, 2.45) is 0 Å². The van der Waals surface area contributed by atoms with E-state index in [0.29, 0.717) is 0 Å². The lowest BCUT2D eigenvalue weighted by molar-refractivity contribution is -0.157. The van der Waals surface area contributed by atoms with E-state index in [2.05, 4.69) is 5.32 Å². The molecule has 0 saturated carbocycles. The van der Waals surface area contributed by atoms with Gasteiger partial charge >= 0.3 is 5.97 Å². The second kappa shape index (κ2) is 3.91. The molecular formula is C13H17NO2. The van der Waals surface area contributed by atoms with E-state index in [0.717, 1.165) is 12.1 Å². The monoisotopic (exact) mass is 219 g/mol. The first-order chi connectivity index (χ1) is 7.47. The van der Waals surface area contributed by atoms with Crippen molar-refractivity contribution in [2.45, 2.75) is 39.0 Å². The van der Waals surface area contributed by atoms with Crippen LogP contribution in [-0.4, -0.2) is 11.6 Å². The van der Waals surface area contributed by atoms with Crippen molar-refractivity contribution < 1.29 is 9.53 Å². The lowest BCUT2D eigenvalue weighted by Gasteiger charge is -2.22. The predicted octanol–water partition coefficient (Wildman–Crippen LogP) is 2.17. The molecule has 1 heterocycles. The predicted molar refractivity (Wildman–Crippen MR) is 61.9 cm³/mol. The molecule has 1 N–H and O–H groups in total. The van der Waals surface area contributed by atoms with Crippen LogP contribution in [0.1, 0.15) is 37.9 Å². The maximum absolute atomic E-state index is 11.9. The number of fused-ring (bicyclic) bond motifs is 1. The van der Waals surface area contributed by atoms with E-state index in [4.69, 9.17) is 4.74 Å². The second-order valence-electron chi connectivity index (χ2n) is 5.05. The van der Waals surface area contributed by atoms with E-state index in [1.165, 1.54) is 5.56 Å². The largest absolute Gasteiger partial charge is 0.459 e. The molecule has 0 saturated heterocycles. The summed E-state index contributed by atoms with van der Waals surface area (Å²) in [5, 5.41) is 3.17. The molecule has 2 rings (SSSR count). The zero-order valence-electron chi connectivity index (χ0n) is 9.91. The van der Waals surface area contributed by atoms with Gasteiger partial charge in [-0.1, -0.05) is 24.3 Å². The Bertz CT molecular complexity index is 407. The lowest BCUT2D eigenvalue weighted by atomic mass is 10.1. The first-order valence-electron chi connectivity index (χ1n) is 5.51. The van der Waals surface area contributed by atoms with Crippen LogP contribution in [0.25, 0.3) is 0 Å². The molecule has 0 unspecified atom stereocenters. The van der Waals surface area contributed by atoms with Crippen molar-refractivity contribution in [1.29, 1.82) is 0 Å². The Morgan fingerprint density at radius 1 is 1.38 bits per heavy atom. The zero-order valence-corrected chi connectivity index (χ0v) is 9.91. The molecule has 0 aromatic heterocycles. The summed E-state index contributed by atoms with van der Waals surface area (Å²) in [5.41, 5.74) is 1.78. The van der Waals surface area contributed by atoms with E-state index in [-0.39, 0.29) is 12.0 Å². The lowest BCUT2D eigenvalue weighted by Crippen LogP contribution is -2.31. The summed E-state index contributed by atoms with van der Waals surface area (Å²) in [5.74, 6) is -0.197.